The molecular formula is C24H21F3N4O2S. The third kappa shape index (κ3) is 5.88. The average Bonchev–Trinajstić information content (AvgIpc) is 3.51. The molecule has 176 valence electrons. The third-order valence-electron chi connectivity index (χ3n) is 4.92. The maximum atomic E-state index is 13.3. The SMILES string of the molecule is O=C(CCCSc1nnc(-c2ccco2)n1-c1cccc(C(F)(F)F)c1)NCc1ccccc1. The van der Waals surface area contributed by atoms with Crippen LogP contribution < -0.4 is 5.32 Å². The number of amides is 1. The summed E-state index contributed by atoms with van der Waals surface area (Å²) < 4.78 is 46.8. The number of carbonyl (C=O) groups is 1. The Morgan fingerprint density at radius 3 is 2.59 bits per heavy atom. The molecule has 0 unspecified atom stereocenters. The quantitative estimate of drug-likeness (QED) is 0.241. The number of alkyl halides is 3. The molecule has 0 saturated heterocycles. The molecule has 34 heavy (non-hydrogen) atoms. The first kappa shape index (κ1) is 23.6. The number of benzene rings is 2. The lowest BCUT2D eigenvalue weighted by molar-refractivity contribution is -0.137. The van der Waals surface area contributed by atoms with E-state index >= 15 is 0 Å². The van der Waals surface area contributed by atoms with Gasteiger partial charge in [-0.1, -0.05) is 48.2 Å². The average molecular weight is 487 g/mol. The summed E-state index contributed by atoms with van der Waals surface area (Å²) >= 11 is 1.32. The fourth-order valence-corrected chi connectivity index (χ4v) is 4.15. The van der Waals surface area contributed by atoms with Gasteiger partial charge in [-0.25, -0.2) is 0 Å². The Balaban J connectivity index is 1.44. The number of nitrogens with zero attached hydrogens (tertiary/aromatic N) is 3. The lowest BCUT2D eigenvalue weighted by Crippen LogP contribution is -2.22. The molecule has 0 aliphatic carbocycles. The highest BCUT2D eigenvalue weighted by Gasteiger charge is 2.31. The largest absolute Gasteiger partial charge is 0.461 e. The van der Waals surface area contributed by atoms with Gasteiger partial charge in [0.1, 0.15) is 0 Å². The van der Waals surface area contributed by atoms with Crippen LogP contribution in [0.15, 0.2) is 82.6 Å². The molecule has 2 heterocycles. The topological polar surface area (TPSA) is 73.0 Å². The lowest BCUT2D eigenvalue weighted by atomic mass is 10.2. The number of nitrogens with one attached hydrogen (secondary N) is 1. The number of aromatic nitrogens is 3. The molecule has 6 nitrogen and oxygen atoms in total. The predicted octanol–water partition coefficient (Wildman–Crippen LogP) is 5.73. The highest BCUT2D eigenvalue weighted by atomic mass is 32.2. The van der Waals surface area contributed by atoms with Crippen LogP contribution in [0.4, 0.5) is 13.2 Å². The molecule has 10 heteroatoms. The van der Waals surface area contributed by atoms with Crippen LogP contribution >= 0.6 is 11.8 Å². The molecule has 2 aromatic heterocycles. The summed E-state index contributed by atoms with van der Waals surface area (Å²) in [5, 5.41) is 11.6. The van der Waals surface area contributed by atoms with Crippen LogP contribution in [0.25, 0.3) is 17.3 Å². The van der Waals surface area contributed by atoms with E-state index in [9.17, 15) is 18.0 Å². The van der Waals surface area contributed by atoms with Gasteiger partial charge in [0.05, 0.1) is 17.5 Å². The van der Waals surface area contributed by atoms with Crippen LogP contribution in [0.1, 0.15) is 24.0 Å². The van der Waals surface area contributed by atoms with Crippen LogP contribution in [-0.2, 0) is 17.5 Å². The van der Waals surface area contributed by atoms with Crippen LogP contribution in [0, 0.1) is 0 Å². The number of hydrogen-bond acceptors (Lipinski definition) is 5. The molecule has 0 aliphatic heterocycles. The normalized spacial score (nSPS) is 11.5. The van der Waals surface area contributed by atoms with Gasteiger partial charge in [0.25, 0.3) is 0 Å². The van der Waals surface area contributed by atoms with Gasteiger partial charge < -0.3 is 9.73 Å². The highest BCUT2D eigenvalue weighted by Crippen LogP contribution is 2.33. The molecule has 0 aliphatic rings. The first-order valence-corrected chi connectivity index (χ1v) is 11.5. The van der Waals surface area contributed by atoms with E-state index in [0.717, 1.165) is 17.7 Å². The minimum Gasteiger partial charge on any atom is -0.461 e. The number of thioether (sulfide) groups is 1. The van der Waals surface area contributed by atoms with Gasteiger partial charge in [0.15, 0.2) is 10.9 Å². The molecule has 0 saturated carbocycles. The second kappa shape index (κ2) is 10.6. The Morgan fingerprint density at radius 1 is 1.03 bits per heavy atom. The summed E-state index contributed by atoms with van der Waals surface area (Å²) in [5.41, 5.74) is 0.523. The monoisotopic (exact) mass is 486 g/mol. The maximum absolute atomic E-state index is 13.3. The van der Waals surface area contributed by atoms with Crippen LogP contribution in [0.5, 0.6) is 0 Å². The summed E-state index contributed by atoms with van der Waals surface area (Å²) in [6.07, 6.45) is -2.13. The van der Waals surface area contributed by atoms with Gasteiger partial charge in [-0.05, 0) is 42.3 Å². The zero-order valence-electron chi connectivity index (χ0n) is 18.0. The Kier molecular flexibility index (Phi) is 7.36. The second-order valence-electron chi connectivity index (χ2n) is 7.38. The summed E-state index contributed by atoms with van der Waals surface area (Å²) in [7, 11) is 0. The Hall–Kier alpha value is -3.53. The first-order chi connectivity index (χ1) is 16.4. The summed E-state index contributed by atoms with van der Waals surface area (Å²) in [4.78, 5) is 12.1. The number of carbonyl (C=O) groups excluding carboxylic acids is 1. The van der Waals surface area contributed by atoms with Gasteiger partial charge in [-0.2, -0.15) is 13.2 Å². The Bertz CT molecular complexity index is 1220. The summed E-state index contributed by atoms with van der Waals surface area (Å²) in [5.74, 6) is 1.15. The van der Waals surface area contributed by atoms with Crippen molar-refractivity contribution in [2.24, 2.45) is 0 Å². The van der Waals surface area contributed by atoms with E-state index in [1.807, 2.05) is 30.3 Å². The van der Waals surface area contributed by atoms with E-state index in [-0.39, 0.29) is 11.6 Å². The molecule has 1 N–H and O–H groups in total. The van der Waals surface area contributed by atoms with Gasteiger partial charge in [-0.3, -0.25) is 9.36 Å². The number of halogens is 3. The molecule has 0 bridgehead atoms. The fraction of sp³-hybridized carbons (Fsp3) is 0.208. The van der Waals surface area contributed by atoms with Crippen molar-refractivity contribution in [1.29, 1.82) is 0 Å². The van der Waals surface area contributed by atoms with E-state index in [2.05, 4.69) is 15.5 Å². The van der Waals surface area contributed by atoms with Gasteiger partial charge in [0, 0.05) is 18.7 Å². The highest BCUT2D eigenvalue weighted by molar-refractivity contribution is 7.99. The molecule has 1 amide bonds. The van der Waals surface area contributed by atoms with Gasteiger partial charge in [0.2, 0.25) is 11.7 Å². The molecule has 4 aromatic rings. The minimum absolute atomic E-state index is 0.0694. The zero-order chi connectivity index (χ0) is 24.0. The number of rotatable bonds is 9. The number of hydrogen-bond donors (Lipinski definition) is 1. The number of furan rings is 1. The third-order valence-corrected chi connectivity index (χ3v) is 5.93. The Morgan fingerprint density at radius 2 is 1.85 bits per heavy atom. The van der Waals surface area contributed by atoms with Gasteiger partial charge >= 0.3 is 6.18 Å². The van der Waals surface area contributed by atoms with Crippen molar-refractivity contribution in [1.82, 2.24) is 20.1 Å². The molecular weight excluding hydrogens is 465 g/mol. The fourth-order valence-electron chi connectivity index (χ4n) is 3.26. The van der Waals surface area contributed by atoms with Crippen molar-refractivity contribution in [3.8, 4) is 17.3 Å². The van der Waals surface area contributed by atoms with Gasteiger partial charge in [-0.15, -0.1) is 10.2 Å². The summed E-state index contributed by atoms with van der Waals surface area (Å²) in [6, 6.07) is 17.9. The molecule has 0 fully saturated rings. The first-order valence-electron chi connectivity index (χ1n) is 10.5. The molecule has 2 aromatic carbocycles. The van der Waals surface area contributed by atoms with E-state index in [1.165, 1.54) is 28.7 Å². The minimum atomic E-state index is -4.48. The Labute approximate surface area is 198 Å². The second-order valence-corrected chi connectivity index (χ2v) is 8.44. The van der Waals surface area contributed by atoms with Crippen LogP contribution in [0.2, 0.25) is 0 Å². The van der Waals surface area contributed by atoms with Crippen molar-refractivity contribution >= 4 is 17.7 Å². The maximum Gasteiger partial charge on any atom is 0.416 e. The smallest absolute Gasteiger partial charge is 0.416 e. The van der Waals surface area contributed by atoms with E-state index in [4.69, 9.17) is 4.42 Å². The van der Waals surface area contributed by atoms with Crippen LogP contribution in [0.3, 0.4) is 0 Å². The van der Waals surface area contributed by atoms with E-state index < -0.39 is 11.7 Å². The standard InChI is InChI=1S/C24H21F3N4O2S/c25-24(26,27)18-9-4-10-19(15-18)31-22(20-11-5-13-33-20)29-30-23(31)34-14-6-12-21(32)28-16-17-7-2-1-3-8-17/h1-5,7-11,13,15H,6,12,14,16H2,(H,28,32). The van der Waals surface area contributed by atoms with Crippen LogP contribution in [-0.4, -0.2) is 26.4 Å². The zero-order valence-corrected chi connectivity index (χ0v) is 18.8. The molecule has 0 spiro atoms. The van der Waals surface area contributed by atoms with E-state index in [1.54, 1.807) is 18.2 Å². The molecule has 0 atom stereocenters. The van der Waals surface area contributed by atoms with Crippen molar-refractivity contribution in [3.63, 3.8) is 0 Å². The van der Waals surface area contributed by atoms with Crippen molar-refractivity contribution in [2.45, 2.75) is 30.7 Å². The van der Waals surface area contributed by atoms with Crippen molar-refractivity contribution in [2.75, 3.05) is 5.75 Å². The van der Waals surface area contributed by atoms with E-state index in [0.29, 0.717) is 41.9 Å². The summed E-state index contributed by atoms with van der Waals surface area (Å²) in [6.45, 7) is 0.462. The molecule has 4 rings (SSSR count). The predicted molar refractivity (Wildman–Crippen MR) is 122 cm³/mol. The van der Waals surface area contributed by atoms with Crippen molar-refractivity contribution in [3.05, 3.63) is 84.1 Å². The van der Waals surface area contributed by atoms with Crippen molar-refractivity contribution < 1.29 is 22.4 Å². The lowest BCUT2D eigenvalue weighted by Gasteiger charge is -2.12. The molecule has 0 radical (unpaired) electrons.